The van der Waals surface area contributed by atoms with Gasteiger partial charge in [-0.25, -0.2) is 9.97 Å². The summed E-state index contributed by atoms with van der Waals surface area (Å²) >= 11 is 6.21. The molecule has 1 saturated carbocycles. The Morgan fingerprint density at radius 1 is 1.16 bits per heavy atom. The number of hydrogen-bond donors (Lipinski definition) is 1. The van der Waals surface area contributed by atoms with Crippen LogP contribution in [-0.2, 0) is 11.3 Å². The van der Waals surface area contributed by atoms with Crippen LogP contribution >= 0.6 is 11.6 Å². The normalized spacial score (nSPS) is 17.5. The van der Waals surface area contributed by atoms with Gasteiger partial charge in [0.1, 0.15) is 24.2 Å². The lowest BCUT2D eigenvalue weighted by molar-refractivity contribution is -0.122. The Hall–Kier alpha value is -2.97. The third-order valence-corrected chi connectivity index (χ3v) is 7.47. The number of halogens is 1. The van der Waals surface area contributed by atoms with Crippen LogP contribution in [0.1, 0.15) is 52.4 Å². The highest BCUT2D eigenvalue weighted by Gasteiger charge is 2.28. The molecule has 1 aromatic carbocycles. The number of pyridine rings is 1. The lowest BCUT2D eigenvalue weighted by atomic mass is 10.0. The lowest BCUT2D eigenvalue weighted by Crippen LogP contribution is -2.43. The van der Waals surface area contributed by atoms with Gasteiger partial charge in [0.2, 0.25) is 5.91 Å². The molecule has 2 aromatic heterocycles. The van der Waals surface area contributed by atoms with Crippen LogP contribution in [-0.4, -0.2) is 56.6 Å². The van der Waals surface area contributed by atoms with Gasteiger partial charge in [0, 0.05) is 35.8 Å². The summed E-state index contributed by atoms with van der Waals surface area (Å²) < 4.78 is 7.66. The maximum Gasteiger partial charge on any atom is 0.263 e. The number of nitrogens with zero attached hydrogens (tertiary/aromatic N) is 4. The quantitative estimate of drug-likeness (QED) is 0.493. The van der Waals surface area contributed by atoms with E-state index in [0.29, 0.717) is 33.2 Å². The van der Waals surface area contributed by atoms with E-state index in [2.05, 4.69) is 20.2 Å². The summed E-state index contributed by atoms with van der Waals surface area (Å²) in [4.78, 5) is 38.1. The minimum absolute atomic E-state index is 0.0482. The molecule has 37 heavy (non-hydrogen) atoms. The second-order valence-corrected chi connectivity index (χ2v) is 10.8. The number of aromatic nitrogens is 3. The Bertz CT molecular complexity index is 1330. The molecule has 3 heterocycles. The number of hydrogen-bond acceptors (Lipinski definition) is 6. The zero-order valence-corrected chi connectivity index (χ0v) is 22.2. The molecular weight excluding hydrogens is 490 g/mol. The summed E-state index contributed by atoms with van der Waals surface area (Å²) in [5.41, 5.74) is 0.608. The number of likely N-dealkylation sites (tertiary alicyclic amines) is 1. The molecule has 3 aromatic rings. The highest BCUT2D eigenvalue weighted by molar-refractivity contribution is 6.30. The first-order valence-electron chi connectivity index (χ1n) is 13.2. The molecule has 2 aliphatic rings. The third-order valence-electron chi connectivity index (χ3n) is 7.24. The second-order valence-electron chi connectivity index (χ2n) is 10.4. The van der Waals surface area contributed by atoms with Crippen molar-refractivity contribution in [3.8, 4) is 17.1 Å². The number of benzene rings is 1. The molecular formula is C28H34ClN5O3. The van der Waals surface area contributed by atoms with E-state index in [1.165, 1.54) is 30.3 Å². The largest absolute Gasteiger partial charge is 0.489 e. The van der Waals surface area contributed by atoms with Crippen molar-refractivity contribution in [1.82, 2.24) is 24.8 Å². The van der Waals surface area contributed by atoms with Gasteiger partial charge in [-0.15, -0.1) is 0 Å². The average molecular weight is 524 g/mol. The molecule has 9 heteroatoms. The van der Waals surface area contributed by atoms with Crippen LogP contribution in [0, 0.1) is 0 Å². The Balaban J connectivity index is 1.42. The number of carbonyl (C=O) groups excluding carboxylic acids is 1. The van der Waals surface area contributed by atoms with E-state index in [0.717, 1.165) is 32.0 Å². The molecule has 1 aliphatic heterocycles. The van der Waals surface area contributed by atoms with Crippen molar-refractivity contribution in [3.05, 3.63) is 51.9 Å². The summed E-state index contributed by atoms with van der Waals surface area (Å²) in [7, 11) is 0. The van der Waals surface area contributed by atoms with E-state index >= 15 is 0 Å². The van der Waals surface area contributed by atoms with Gasteiger partial charge < -0.3 is 15.0 Å². The Labute approximate surface area is 222 Å². The average Bonchev–Trinajstić information content (AvgIpc) is 3.41. The van der Waals surface area contributed by atoms with Crippen molar-refractivity contribution < 1.29 is 9.53 Å². The van der Waals surface area contributed by atoms with Crippen molar-refractivity contribution >= 4 is 28.5 Å². The van der Waals surface area contributed by atoms with Gasteiger partial charge in [-0.3, -0.25) is 14.2 Å². The summed E-state index contributed by atoms with van der Waals surface area (Å²) in [6.07, 6.45) is 8.95. The molecule has 0 spiro atoms. The van der Waals surface area contributed by atoms with E-state index < -0.39 is 0 Å². The highest BCUT2D eigenvalue weighted by atomic mass is 35.5. The predicted octanol–water partition coefficient (Wildman–Crippen LogP) is 4.42. The smallest absolute Gasteiger partial charge is 0.263 e. The van der Waals surface area contributed by atoms with Gasteiger partial charge >= 0.3 is 0 Å². The number of fused-ring (bicyclic) bond motifs is 1. The Morgan fingerprint density at radius 2 is 1.92 bits per heavy atom. The molecule has 1 saturated heterocycles. The van der Waals surface area contributed by atoms with E-state index in [-0.39, 0.29) is 30.2 Å². The SMILES string of the molecule is CC(C)NC(=O)Cn1c(-c2cccc(Cl)c2)nc2ncc(OC3CCN(C4CCCC4)CC3)cc2c1=O. The van der Waals surface area contributed by atoms with Crippen LogP contribution in [0.3, 0.4) is 0 Å². The standard InChI is InChI=1S/C28H34ClN5O3/c1-18(2)31-25(35)17-34-27(19-6-5-7-20(29)14-19)32-26-24(28(34)36)15-23(16-30-26)37-22-10-12-33(13-11-22)21-8-3-4-9-21/h5-7,14-16,18,21-22H,3-4,8-13,17H2,1-2H3,(H,31,35). The highest BCUT2D eigenvalue weighted by Crippen LogP contribution is 2.28. The van der Waals surface area contributed by atoms with Gasteiger partial charge in [0.05, 0.1) is 11.6 Å². The predicted molar refractivity (Wildman–Crippen MR) is 145 cm³/mol. The van der Waals surface area contributed by atoms with E-state index in [1.54, 1.807) is 30.5 Å². The summed E-state index contributed by atoms with van der Waals surface area (Å²) in [6, 6.07) is 9.46. The molecule has 0 bridgehead atoms. The van der Waals surface area contributed by atoms with Crippen LogP contribution < -0.4 is 15.6 Å². The summed E-state index contributed by atoms with van der Waals surface area (Å²) in [6.45, 7) is 5.68. The molecule has 0 unspecified atom stereocenters. The fourth-order valence-corrected chi connectivity index (χ4v) is 5.67. The number of nitrogens with one attached hydrogen (secondary N) is 1. The van der Waals surface area contributed by atoms with Gasteiger partial charge in [-0.05, 0) is 57.7 Å². The topological polar surface area (TPSA) is 89.3 Å². The van der Waals surface area contributed by atoms with Gasteiger partial charge in [0.15, 0.2) is 5.65 Å². The molecule has 8 nitrogen and oxygen atoms in total. The van der Waals surface area contributed by atoms with Crippen LogP contribution in [0.4, 0.5) is 0 Å². The van der Waals surface area contributed by atoms with Gasteiger partial charge in [-0.1, -0.05) is 36.6 Å². The molecule has 1 aliphatic carbocycles. The molecule has 1 amide bonds. The van der Waals surface area contributed by atoms with Gasteiger partial charge in [0.25, 0.3) is 5.56 Å². The second kappa shape index (κ2) is 11.2. The maximum atomic E-state index is 13.7. The lowest BCUT2D eigenvalue weighted by Gasteiger charge is -2.35. The zero-order chi connectivity index (χ0) is 25.9. The number of amides is 1. The minimum atomic E-state index is -0.340. The zero-order valence-electron chi connectivity index (χ0n) is 21.5. The first-order valence-corrected chi connectivity index (χ1v) is 13.6. The fourth-order valence-electron chi connectivity index (χ4n) is 5.48. The Morgan fingerprint density at radius 3 is 2.62 bits per heavy atom. The van der Waals surface area contributed by atoms with Crippen molar-refractivity contribution in [3.63, 3.8) is 0 Å². The van der Waals surface area contributed by atoms with Gasteiger partial charge in [-0.2, -0.15) is 0 Å². The molecule has 0 atom stereocenters. The molecule has 1 N–H and O–H groups in total. The molecule has 2 fully saturated rings. The summed E-state index contributed by atoms with van der Waals surface area (Å²) in [5, 5.41) is 3.69. The Kier molecular flexibility index (Phi) is 7.76. The third kappa shape index (κ3) is 5.96. The van der Waals surface area contributed by atoms with E-state index in [4.69, 9.17) is 16.3 Å². The fraction of sp³-hybridized carbons (Fsp3) is 0.500. The van der Waals surface area contributed by atoms with Crippen LogP contribution in [0.5, 0.6) is 5.75 Å². The van der Waals surface area contributed by atoms with Crippen molar-refractivity contribution in [1.29, 1.82) is 0 Å². The van der Waals surface area contributed by atoms with Crippen LogP contribution in [0.15, 0.2) is 41.3 Å². The number of rotatable bonds is 7. The monoisotopic (exact) mass is 523 g/mol. The molecule has 5 rings (SSSR count). The maximum absolute atomic E-state index is 13.7. The van der Waals surface area contributed by atoms with Crippen molar-refractivity contribution in [2.45, 2.75) is 77.1 Å². The first-order chi connectivity index (χ1) is 17.9. The van der Waals surface area contributed by atoms with Crippen LogP contribution in [0.2, 0.25) is 5.02 Å². The molecule has 196 valence electrons. The number of carbonyl (C=O) groups is 1. The van der Waals surface area contributed by atoms with E-state index in [1.807, 2.05) is 19.9 Å². The van der Waals surface area contributed by atoms with Crippen molar-refractivity contribution in [2.24, 2.45) is 0 Å². The van der Waals surface area contributed by atoms with E-state index in [9.17, 15) is 9.59 Å². The number of ether oxygens (including phenoxy) is 1. The summed E-state index contributed by atoms with van der Waals surface area (Å²) in [5.74, 6) is 0.634. The first kappa shape index (κ1) is 25.7. The number of piperidine rings is 1. The van der Waals surface area contributed by atoms with Crippen molar-refractivity contribution in [2.75, 3.05) is 13.1 Å². The van der Waals surface area contributed by atoms with Crippen LogP contribution in [0.25, 0.3) is 22.4 Å². The minimum Gasteiger partial charge on any atom is -0.489 e. The molecule has 0 radical (unpaired) electrons.